The maximum atomic E-state index is 14.5. The lowest BCUT2D eigenvalue weighted by molar-refractivity contribution is -0.131. The van der Waals surface area contributed by atoms with Crippen LogP contribution < -0.4 is 5.56 Å². The Labute approximate surface area is 187 Å². The van der Waals surface area contributed by atoms with Crippen LogP contribution in [0.2, 0.25) is 0 Å². The number of benzene rings is 2. The number of amides is 2. The average Bonchev–Trinajstić information content (AvgIpc) is 2.85. The number of carbonyl (C=O) groups excluding carboxylic acids is 2. The van der Waals surface area contributed by atoms with Gasteiger partial charge in [0.15, 0.2) is 0 Å². The molecule has 1 aromatic heterocycles. The summed E-state index contributed by atoms with van der Waals surface area (Å²) in [6.45, 7) is 0.780. The highest BCUT2D eigenvalue weighted by molar-refractivity contribution is 5.95. The number of nitrogens with zero attached hydrogens (tertiary/aromatic N) is 6. The molecule has 0 saturated carbocycles. The Bertz CT molecular complexity index is 1330. The van der Waals surface area contributed by atoms with Crippen LogP contribution in [0.3, 0.4) is 0 Å². The van der Waals surface area contributed by atoms with Gasteiger partial charge in [-0.25, -0.2) is 9.49 Å². The molecule has 0 radical (unpaired) electrons. The smallest absolute Gasteiger partial charge is 0.272 e. The summed E-state index contributed by atoms with van der Waals surface area (Å²) in [6, 6.07) is 11.4. The second-order valence-electron chi connectivity index (χ2n) is 7.60. The van der Waals surface area contributed by atoms with E-state index in [1.54, 1.807) is 24.3 Å². The quantitative estimate of drug-likeness (QED) is 0.363. The number of halogens is 1. The van der Waals surface area contributed by atoms with Gasteiger partial charge >= 0.3 is 0 Å². The number of azide groups is 1. The molecule has 1 aliphatic rings. The Morgan fingerprint density at radius 2 is 1.79 bits per heavy atom. The van der Waals surface area contributed by atoms with Crippen molar-refractivity contribution in [2.45, 2.75) is 6.42 Å². The van der Waals surface area contributed by atoms with Gasteiger partial charge in [-0.1, -0.05) is 29.4 Å². The molecular weight excluding hydrogens is 429 g/mol. The van der Waals surface area contributed by atoms with Crippen LogP contribution in [0.4, 0.5) is 4.39 Å². The lowest BCUT2D eigenvalue weighted by atomic mass is 10.0. The molecule has 2 aromatic carbocycles. The standard InChI is InChI=1S/C22H20FN7O3/c23-18-6-5-14(12-19-15-3-1-2-4-16(15)21(32)27-26-19)11-17(18)22(33)30-9-7-29(8-10-30)20(31)13-25-28-24/h1-6,11H,7-10,12-13H2,(H,27,32). The van der Waals surface area contributed by atoms with Gasteiger partial charge in [0.25, 0.3) is 11.5 Å². The highest BCUT2D eigenvalue weighted by Gasteiger charge is 2.26. The predicted molar refractivity (Wildman–Crippen MR) is 118 cm³/mol. The summed E-state index contributed by atoms with van der Waals surface area (Å²) in [4.78, 5) is 42.5. The predicted octanol–water partition coefficient (Wildman–Crippen LogP) is 2.25. The molecule has 0 atom stereocenters. The summed E-state index contributed by atoms with van der Waals surface area (Å²) in [5, 5.41) is 11.1. The van der Waals surface area contributed by atoms with Gasteiger partial charge in [0.2, 0.25) is 5.91 Å². The summed E-state index contributed by atoms with van der Waals surface area (Å²) in [7, 11) is 0. The van der Waals surface area contributed by atoms with Gasteiger partial charge in [0.1, 0.15) is 12.4 Å². The Hall–Kier alpha value is -4.24. The number of fused-ring (bicyclic) bond motifs is 1. The first-order chi connectivity index (χ1) is 16.0. The van der Waals surface area contributed by atoms with Crippen molar-refractivity contribution in [2.24, 2.45) is 5.11 Å². The maximum Gasteiger partial charge on any atom is 0.272 e. The molecule has 1 saturated heterocycles. The molecule has 2 amide bonds. The minimum absolute atomic E-state index is 0.0601. The molecule has 2 heterocycles. The molecule has 0 unspecified atom stereocenters. The molecular formula is C22H20FN7O3. The van der Waals surface area contributed by atoms with Crippen molar-refractivity contribution in [1.29, 1.82) is 0 Å². The van der Waals surface area contributed by atoms with E-state index in [0.717, 1.165) is 0 Å². The van der Waals surface area contributed by atoms with E-state index in [4.69, 9.17) is 5.53 Å². The molecule has 0 bridgehead atoms. The first kappa shape index (κ1) is 22.0. The van der Waals surface area contributed by atoms with Crippen LogP contribution in [0, 0.1) is 5.82 Å². The monoisotopic (exact) mass is 449 g/mol. The van der Waals surface area contributed by atoms with Crippen molar-refractivity contribution in [3.8, 4) is 0 Å². The Morgan fingerprint density at radius 3 is 2.52 bits per heavy atom. The van der Waals surface area contributed by atoms with E-state index in [-0.39, 0.29) is 49.8 Å². The van der Waals surface area contributed by atoms with Crippen LogP contribution in [0.25, 0.3) is 21.2 Å². The third-order valence-corrected chi connectivity index (χ3v) is 5.60. The van der Waals surface area contributed by atoms with E-state index in [1.165, 1.54) is 21.9 Å². The lowest BCUT2D eigenvalue weighted by Crippen LogP contribution is -2.51. The van der Waals surface area contributed by atoms with Crippen LogP contribution in [0.1, 0.15) is 21.6 Å². The Morgan fingerprint density at radius 1 is 1.09 bits per heavy atom. The minimum atomic E-state index is -0.634. The fourth-order valence-corrected chi connectivity index (χ4v) is 3.87. The van der Waals surface area contributed by atoms with Gasteiger partial charge < -0.3 is 9.80 Å². The molecule has 33 heavy (non-hydrogen) atoms. The number of nitrogens with one attached hydrogen (secondary N) is 1. The minimum Gasteiger partial charge on any atom is -0.339 e. The molecule has 1 fully saturated rings. The zero-order valence-electron chi connectivity index (χ0n) is 17.6. The van der Waals surface area contributed by atoms with Gasteiger partial charge in [0.05, 0.1) is 16.6 Å². The SMILES string of the molecule is [N-]=[N+]=NCC(=O)N1CCN(C(=O)c2cc(Cc3n[nH]c(=O)c4ccccc34)ccc2F)CC1. The lowest BCUT2D eigenvalue weighted by Gasteiger charge is -2.34. The number of rotatable bonds is 5. The third kappa shape index (κ3) is 4.68. The van der Waals surface area contributed by atoms with E-state index >= 15 is 0 Å². The van der Waals surface area contributed by atoms with Crippen molar-refractivity contribution in [1.82, 2.24) is 20.0 Å². The van der Waals surface area contributed by atoms with Gasteiger partial charge in [-0.2, -0.15) is 5.10 Å². The van der Waals surface area contributed by atoms with Gasteiger partial charge in [-0.3, -0.25) is 14.4 Å². The van der Waals surface area contributed by atoms with Crippen LogP contribution >= 0.6 is 0 Å². The van der Waals surface area contributed by atoms with Gasteiger partial charge in [-0.05, 0) is 29.3 Å². The highest BCUT2D eigenvalue weighted by atomic mass is 19.1. The van der Waals surface area contributed by atoms with Gasteiger partial charge in [0, 0.05) is 42.9 Å². The second-order valence-corrected chi connectivity index (χ2v) is 7.60. The summed E-state index contributed by atoms with van der Waals surface area (Å²) < 4.78 is 14.5. The van der Waals surface area contributed by atoms with Crippen molar-refractivity contribution >= 4 is 22.6 Å². The topological polar surface area (TPSA) is 135 Å². The highest BCUT2D eigenvalue weighted by Crippen LogP contribution is 2.20. The first-order valence-electron chi connectivity index (χ1n) is 10.3. The number of aromatic amines is 1. The molecule has 0 spiro atoms. The number of H-pyrrole nitrogens is 1. The molecule has 1 aliphatic heterocycles. The second kappa shape index (κ2) is 9.49. The normalized spacial score (nSPS) is 13.6. The van der Waals surface area contributed by atoms with Gasteiger partial charge in [-0.15, -0.1) is 0 Å². The number of carbonyl (C=O) groups is 2. The van der Waals surface area contributed by atoms with E-state index in [9.17, 15) is 18.8 Å². The summed E-state index contributed by atoms with van der Waals surface area (Å²) in [5.74, 6) is -1.41. The van der Waals surface area contributed by atoms with Crippen LogP contribution in [0.15, 0.2) is 52.4 Å². The van der Waals surface area contributed by atoms with Crippen molar-refractivity contribution in [3.05, 3.63) is 85.9 Å². The Kier molecular flexibility index (Phi) is 6.32. The fraction of sp³-hybridized carbons (Fsp3) is 0.273. The molecule has 1 N–H and O–H groups in total. The maximum absolute atomic E-state index is 14.5. The van der Waals surface area contributed by atoms with Crippen molar-refractivity contribution in [2.75, 3.05) is 32.7 Å². The zero-order valence-corrected chi connectivity index (χ0v) is 17.6. The summed E-state index contributed by atoms with van der Waals surface area (Å²) in [5.41, 5.74) is 9.28. The number of aromatic nitrogens is 2. The van der Waals surface area contributed by atoms with E-state index in [1.807, 2.05) is 6.07 Å². The van der Waals surface area contributed by atoms with Crippen LogP contribution in [-0.4, -0.2) is 64.5 Å². The molecule has 11 heteroatoms. The number of hydrogen-bond acceptors (Lipinski definition) is 5. The molecule has 168 valence electrons. The van der Waals surface area contributed by atoms with Crippen molar-refractivity contribution < 1.29 is 14.0 Å². The van der Waals surface area contributed by atoms with E-state index in [0.29, 0.717) is 28.5 Å². The fourth-order valence-electron chi connectivity index (χ4n) is 3.87. The van der Waals surface area contributed by atoms with Crippen LogP contribution in [-0.2, 0) is 11.2 Å². The summed E-state index contributed by atoms with van der Waals surface area (Å²) in [6.07, 6.45) is 0.305. The third-order valence-electron chi connectivity index (χ3n) is 5.60. The molecule has 0 aliphatic carbocycles. The Balaban J connectivity index is 1.51. The summed E-state index contributed by atoms with van der Waals surface area (Å²) >= 11 is 0. The zero-order chi connectivity index (χ0) is 23.4. The number of piperazine rings is 1. The molecule has 4 rings (SSSR count). The first-order valence-corrected chi connectivity index (χ1v) is 10.3. The molecule has 3 aromatic rings. The number of hydrogen-bond donors (Lipinski definition) is 1. The molecule has 10 nitrogen and oxygen atoms in total. The van der Waals surface area contributed by atoms with E-state index < -0.39 is 11.7 Å². The van der Waals surface area contributed by atoms with Crippen molar-refractivity contribution in [3.63, 3.8) is 0 Å². The largest absolute Gasteiger partial charge is 0.339 e. The van der Waals surface area contributed by atoms with E-state index in [2.05, 4.69) is 20.2 Å². The van der Waals surface area contributed by atoms with Crippen LogP contribution in [0.5, 0.6) is 0 Å². The average molecular weight is 449 g/mol.